The number of hydrogen-bond acceptors (Lipinski definition) is 3. The first kappa shape index (κ1) is 15.2. The molecule has 23 heavy (non-hydrogen) atoms. The summed E-state index contributed by atoms with van der Waals surface area (Å²) in [6.45, 7) is 3.79. The van der Waals surface area contributed by atoms with Crippen LogP contribution in [0.2, 0.25) is 5.02 Å². The molecule has 0 bridgehead atoms. The van der Waals surface area contributed by atoms with Gasteiger partial charge in [0, 0.05) is 11.2 Å². The fourth-order valence-electron chi connectivity index (χ4n) is 2.31. The Morgan fingerprint density at radius 1 is 1.26 bits per heavy atom. The topological polar surface area (TPSA) is 58.8 Å². The first-order valence-corrected chi connectivity index (χ1v) is 7.46. The molecule has 5 nitrogen and oxygen atoms in total. The zero-order valence-electron chi connectivity index (χ0n) is 12.7. The summed E-state index contributed by atoms with van der Waals surface area (Å²) in [7, 11) is 0. The van der Waals surface area contributed by atoms with Crippen LogP contribution in [0.25, 0.3) is 5.65 Å². The third kappa shape index (κ3) is 3.24. The number of fused-ring (bicyclic) bond motifs is 1. The summed E-state index contributed by atoms with van der Waals surface area (Å²) >= 11 is 5.82. The number of aromatic nitrogens is 2. The summed E-state index contributed by atoms with van der Waals surface area (Å²) in [4.78, 5) is 16.8. The van der Waals surface area contributed by atoms with E-state index < -0.39 is 0 Å². The fourth-order valence-corrected chi connectivity index (χ4v) is 2.43. The molecule has 0 atom stereocenters. The average Bonchev–Trinajstić information content (AvgIpc) is 2.84. The van der Waals surface area contributed by atoms with Gasteiger partial charge in [0.05, 0.1) is 11.9 Å². The minimum Gasteiger partial charge on any atom is -0.295 e. The molecule has 6 heteroatoms. The molecular weight excluding hydrogens is 312 g/mol. The Balaban J connectivity index is 1.81. The number of hydrazone groups is 1. The van der Waals surface area contributed by atoms with Crippen LogP contribution in [-0.4, -0.2) is 21.5 Å². The van der Waals surface area contributed by atoms with Crippen molar-refractivity contribution >= 4 is 29.4 Å². The second-order valence-corrected chi connectivity index (χ2v) is 5.67. The highest BCUT2D eigenvalue weighted by atomic mass is 35.5. The zero-order chi connectivity index (χ0) is 16.4. The number of rotatable bonds is 3. The fraction of sp³-hybridized carbons (Fsp3) is 0.118. The van der Waals surface area contributed by atoms with Crippen LogP contribution < -0.4 is 5.43 Å². The monoisotopic (exact) mass is 326 g/mol. The van der Waals surface area contributed by atoms with Gasteiger partial charge in [-0.3, -0.25) is 9.20 Å². The molecule has 0 saturated heterocycles. The van der Waals surface area contributed by atoms with E-state index in [-0.39, 0.29) is 5.91 Å². The van der Waals surface area contributed by atoms with Gasteiger partial charge in [-0.1, -0.05) is 23.7 Å². The number of carbonyl (C=O) groups is 1. The van der Waals surface area contributed by atoms with Gasteiger partial charge in [-0.05, 0) is 49.2 Å². The van der Waals surface area contributed by atoms with E-state index in [0.717, 1.165) is 16.8 Å². The van der Waals surface area contributed by atoms with E-state index in [1.165, 1.54) is 0 Å². The summed E-state index contributed by atoms with van der Waals surface area (Å²) in [5.41, 5.74) is 6.36. The number of halogens is 1. The highest BCUT2D eigenvalue weighted by Gasteiger charge is 2.15. The highest BCUT2D eigenvalue weighted by molar-refractivity contribution is 6.30. The zero-order valence-corrected chi connectivity index (χ0v) is 13.5. The van der Waals surface area contributed by atoms with Gasteiger partial charge in [-0.15, -0.1) is 0 Å². The minimum absolute atomic E-state index is 0.302. The second-order valence-electron chi connectivity index (χ2n) is 5.23. The maximum atomic E-state index is 12.4. The van der Waals surface area contributed by atoms with Crippen molar-refractivity contribution < 1.29 is 4.79 Å². The number of pyridine rings is 1. The summed E-state index contributed by atoms with van der Waals surface area (Å²) < 4.78 is 1.76. The van der Waals surface area contributed by atoms with Crippen molar-refractivity contribution in [1.82, 2.24) is 14.8 Å². The molecular formula is C17H15ClN4O. The summed E-state index contributed by atoms with van der Waals surface area (Å²) in [5.74, 6) is -0.302. The number of nitrogens with zero attached hydrogens (tertiary/aromatic N) is 3. The van der Waals surface area contributed by atoms with Gasteiger partial charge in [0.15, 0.2) is 0 Å². The lowest BCUT2D eigenvalue weighted by Gasteiger charge is -2.02. The number of benzene rings is 1. The maximum absolute atomic E-state index is 12.4. The first-order chi connectivity index (χ1) is 11.0. The molecule has 2 aromatic heterocycles. The lowest BCUT2D eigenvalue weighted by Crippen LogP contribution is -2.20. The Morgan fingerprint density at radius 3 is 2.74 bits per heavy atom. The molecule has 3 aromatic rings. The molecule has 3 rings (SSSR count). The molecule has 0 aliphatic carbocycles. The smallest absolute Gasteiger partial charge is 0.290 e. The van der Waals surface area contributed by atoms with E-state index in [1.54, 1.807) is 29.7 Å². The summed E-state index contributed by atoms with van der Waals surface area (Å²) in [6.07, 6.45) is 3.40. The van der Waals surface area contributed by atoms with Crippen molar-refractivity contribution in [3.63, 3.8) is 0 Å². The van der Waals surface area contributed by atoms with Gasteiger partial charge in [0.25, 0.3) is 5.91 Å². The minimum atomic E-state index is -0.302. The van der Waals surface area contributed by atoms with Crippen molar-refractivity contribution in [2.45, 2.75) is 13.8 Å². The standard InChI is InChI=1S/C17H15ClN4O/c1-11-7-8-22-15(9-11)20-12(2)16(22)17(23)21-19-10-13-3-5-14(18)6-4-13/h3-10H,1-2H3,(H,21,23)/b19-10+. The number of nitrogens with one attached hydrogen (secondary N) is 1. The predicted octanol–water partition coefficient (Wildman–Crippen LogP) is 3.37. The quantitative estimate of drug-likeness (QED) is 0.592. The lowest BCUT2D eigenvalue weighted by molar-refractivity contribution is 0.0948. The molecule has 0 fully saturated rings. The van der Waals surface area contributed by atoms with Crippen LogP contribution in [0, 0.1) is 13.8 Å². The number of amides is 1. The van der Waals surface area contributed by atoms with E-state index in [1.807, 2.05) is 37.4 Å². The van der Waals surface area contributed by atoms with E-state index in [4.69, 9.17) is 11.6 Å². The van der Waals surface area contributed by atoms with Crippen molar-refractivity contribution in [3.8, 4) is 0 Å². The van der Waals surface area contributed by atoms with E-state index in [0.29, 0.717) is 16.4 Å². The van der Waals surface area contributed by atoms with Crippen molar-refractivity contribution in [2.75, 3.05) is 0 Å². The van der Waals surface area contributed by atoms with Crippen LogP contribution in [0.15, 0.2) is 47.7 Å². The third-order valence-corrected chi connectivity index (χ3v) is 3.67. The van der Waals surface area contributed by atoms with Crippen LogP contribution in [0.3, 0.4) is 0 Å². The van der Waals surface area contributed by atoms with E-state index in [2.05, 4.69) is 15.5 Å². The largest absolute Gasteiger partial charge is 0.295 e. The molecule has 0 spiro atoms. The Hall–Kier alpha value is -2.66. The average molecular weight is 327 g/mol. The molecule has 1 aromatic carbocycles. The van der Waals surface area contributed by atoms with Gasteiger partial charge in [0.2, 0.25) is 0 Å². The van der Waals surface area contributed by atoms with Gasteiger partial charge in [-0.2, -0.15) is 5.10 Å². The van der Waals surface area contributed by atoms with E-state index >= 15 is 0 Å². The molecule has 2 heterocycles. The number of aryl methyl sites for hydroxylation is 2. The molecule has 0 aliphatic rings. The maximum Gasteiger partial charge on any atom is 0.290 e. The van der Waals surface area contributed by atoms with Crippen molar-refractivity contribution in [2.24, 2.45) is 5.10 Å². The van der Waals surface area contributed by atoms with Crippen molar-refractivity contribution in [3.05, 3.63) is 70.1 Å². The van der Waals surface area contributed by atoms with Crippen LogP contribution in [-0.2, 0) is 0 Å². The molecule has 1 N–H and O–H groups in total. The Labute approximate surface area is 138 Å². The molecule has 0 radical (unpaired) electrons. The van der Waals surface area contributed by atoms with Crippen LogP contribution in [0.1, 0.15) is 27.3 Å². The predicted molar refractivity (Wildman–Crippen MR) is 91.2 cm³/mol. The Morgan fingerprint density at radius 2 is 2.00 bits per heavy atom. The first-order valence-electron chi connectivity index (χ1n) is 7.09. The second kappa shape index (κ2) is 6.22. The highest BCUT2D eigenvalue weighted by Crippen LogP contribution is 2.13. The molecule has 0 aliphatic heterocycles. The van der Waals surface area contributed by atoms with Crippen LogP contribution >= 0.6 is 11.6 Å². The molecule has 0 saturated carbocycles. The summed E-state index contributed by atoms with van der Waals surface area (Å²) in [5, 5.41) is 4.64. The number of carbonyl (C=O) groups excluding carboxylic acids is 1. The van der Waals surface area contributed by atoms with Crippen LogP contribution in [0.4, 0.5) is 0 Å². The number of hydrogen-bond donors (Lipinski definition) is 1. The SMILES string of the molecule is Cc1ccn2c(C(=O)N/N=C/c3ccc(Cl)cc3)c(C)nc2c1. The van der Waals surface area contributed by atoms with E-state index in [9.17, 15) is 4.79 Å². The molecule has 1 amide bonds. The van der Waals surface area contributed by atoms with Gasteiger partial charge in [-0.25, -0.2) is 10.4 Å². The van der Waals surface area contributed by atoms with Crippen molar-refractivity contribution in [1.29, 1.82) is 0 Å². The third-order valence-electron chi connectivity index (χ3n) is 3.42. The lowest BCUT2D eigenvalue weighted by atomic mass is 10.2. The molecule has 0 unspecified atom stereocenters. The van der Waals surface area contributed by atoms with Crippen LogP contribution in [0.5, 0.6) is 0 Å². The number of imidazole rings is 1. The van der Waals surface area contributed by atoms with Gasteiger partial charge in [0.1, 0.15) is 11.3 Å². The van der Waals surface area contributed by atoms with Gasteiger partial charge >= 0.3 is 0 Å². The van der Waals surface area contributed by atoms with Gasteiger partial charge < -0.3 is 0 Å². The Bertz CT molecular complexity index is 897. The molecule has 116 valence electrons. The summed E-state index contributed by atoms with van der Waals surface area (Å²) in [6, 6.07) is 11.0. The Kier molecular flexibility index (Phi) is 4.12. The normalized spacial score (nSPS) is 11.3.